The summed E-state index contributed by atoms with van der Waals surface area (Å²) in [5.74, 6) is -0.0455. The summed E-state index contributed by atoms with van der Waals surface area (Å²) in [7, 11) is 0. The van der Waals surface area contributed by atoms with Gasteiger partial charge in [-0.25, -0.2) is 4.98 Å². The van der Waals surface area contributed by atoms with Crippen LogP contribution in [0.15, 0.2) is 12.1 Å². The van der Waals surface area contributed by atoms with E-state index in [4.69, 9.17) is 11.6 Å². The number of carbonyl (C=O) groups is 1. The van der Waals surface area contributed by atoms with E-state index in [2.05, 4.69) is 31.1 Å². The van der Waals surface area contributed by atoms with Gasteiger partial charge in [0.1, 0.15) is 5.15 Å². The van der Waals surface area contributed by atoms with Crippen molar-refractivity contribution < 1.29 is 9.90 Å². The summed E-state index contributed by atoms with van der Waals surface area (Å²) in [6.45, 7) is 10.4. The minimum absolute atomic E-state index is 0.0227. The molecule has 0 saturated heterocycles. The van der Waals surface area contributed by atoms with Crippen LogP contribution in [-0.2, 0) is 0 Å². The number of amides is 1. The predicted octanol–water partition coefficient (Wildman–Crippen LogP) is 3.39. The van der Waals surface area contributed by atoms with Crippen LogP contribution in [0.2, 0.25) is 5.15 Å². The van der Waals surface area contributed by atoms with Gasteiger partial charge in [0.15, 0.2) is 0 Å². The maximum Gasteiger partial charge on any atom is 0.251 e. The number of carbonyl (C=O) groups excluding carboxylic acids is 1. The highest BCUT2D eigenvalue weighted by Crippen LogP contribution is 2.21. The minimum atomic E-state index is -0.559. The normalized spacial score (nSPS) is 13.3. The molecule has 0 aliphatic rings. The van der Waals surface area contributed by atoms with E-state index >= 15 is 0 Å². The van der Waals surface area contributed by atoms with Crippen molar-refractivity contribution in [2.75, 3.05) is 6.54 Å². The quantitative estimate of drug-likeness (QED) is 0.819. The zero-order chi connectivity index (χ0) is 16.2. The number of pyridine rings is 1. The van der Waals surface area contributed by atoms with Crippen molar-refractivity contribution in [1.82, 2.24) is 10.3 Å². The second kappa shape index (κ2) is 7.23. The van der Waals surface area contributed by atoms with E-state index in [1.807, 2.05) is 13.8 Å². The molecule has 118 valence electrons. The van der Waals surface area contributed by atoms with Gasteiger partial charge >= 0.3 is 0 Å². The van der Waals surface area contributed by atoms with E-state index in [0.717, 1.165) is 5.69 Å². The molecule has 0 fully saturated rings. The van der Waals surface area contributed by atoms with Gasteiger partial charge in [0.2, 0.25) is 0 Å². The average Bonchev–Trinajstić information content (AvgIpc) is 2.33. The standard InChI is InChI=1S/C16H25ClN2O2/c1-10(2)13-6-11(7-14(17)19-13)15(21)18-9-12(20)8-16(3,4)5/h6-7,10,12,20H,8-9H2,1-5H3,(H,18,21). The van der Waals surface area contributed by atoms with Crippen molar-refractivity contribution in [3.63, 3.8) is 0 Å². The largest absolute Gasteiger partial charge is 0.391 e. The van der Waals surface area contributed by atoms with Crippen LogP contribution in [-0.4, -0.2) is 28.6 Å². The Hall–Kier alpha value is -1.13. The Morgan fingerprint density at radius 1 is 1.38 bits per heavy atom. The highest BCUT2D eigenvalue weighted by atomic mass is 35.5. The smallest absolute Gasteiger partial charge is 0.251 e. The highest BCUT2D eigenvalue weighted by molar-refractivity contribution is 6.29. The van der Waals surface area contributed by atoms with Crippen molar-refractivity contribution in [1.29, 1.82) is 0 Å². The first-order valence-corrected chi connectivity index (χ1v) is 7.60. The van der Waals surface area contributed by atoms with Crippen LogP contribution >= 0.6 is 11.6 Å². The number of nitrogens with one attached hydrogen (secondary N) is 1. The first-order chi connectivity index (χ1) is 9.58. The Balaban J connectivity index is 2.68. The summed E-state index contributed by atoms with van der Waals surface area (Å²) in [6.07, 6.45) is 0.0672. The third-order valence-corrected chi connectivity index (χ3v) is 3.21. The molecule has 1 amide bonds. The molecule has 1 aromatic heterocycles. The second-order valence-corrected chi connectivity index (χ2v) is 7.27. The third kappa shape index (κ3) is 6.44. The van der Waals surface area contributed by atoms with Gasteiger partial charge < -0.3 is 10.4 Å². The lowest BCUT2D eigenvalue weighted by atomic mass is 9.89. The molecule has 1 heterocycles. The average molecular weight is 313 g/mol. The van der Waals surface area contributed by atoms with E-state index in [0.29, 0.717) is 17.1 Å². The first kappa shape index (κ1) is 17.9. The third-order valence-electron chi connectivity index (χ3n) is 3.01. The number of aliphatic hydroxyl groups excluding tert-OH is 1. The number of rotatable bonds is 5. The number of aliphatic hydroxyl groups is 1. The topological polar surface area (TPSA) is 62.2 Å². The van der Waals surface area contributed by atoms with E-state index < -0.39 is 6.10 Å². The summed E-state index contributed by atoms with van der Waals surface area (Å²) in [4.78, 5) is 16.3. The molecule has 0 bridgehead atoms. The zero-order valence-corrected chi connectivity index (χ0v) is 14.2. The Morgan fingerprint density at radius 2 is 2.00 bits per heavy atom. The molecule has 0 aromatic carbocycles. The van der Waals surface area contributed by atoms with Crippen LogP contribution in [0.5, 0.6) is 0 Å². The molecule has 0 radical (unpaired) electrons. The molecule has 0 spiro atoms. The summed E-state index contributed by atoms with van der Waals surface area (Å²) in [5.41, 5.74) is 1.28. The highest BCUT2D eigenvalue weighted by Gasteiger charge is 2.18. The Labute approximate surface area is 131 Å². The molecular formula is C16H25ClN2O2. The number of hydrogen-bond acceptors (Lipinski definition) is 3. The van der Waals surface area contributed by atoms with E-state index in [1.165, 1.54) is 0 Å². The number of aromatic nitrogens is 1. The Kier molecular flexibility index (Phi) is 6.17. The molecule has 0 saturated carbocycles. The van der Waals surface area contributed by atoms with Gasteiger partial charge in [-0.3, -0.25) is 4.79 Å². The van der Waals surface area contributed by atoms with Crippen molar-refractivity contribution in [3.8, 4) is 0 Å². The fraction of sp³-hybridized carbons (Fsp3) is 0.625. The summed E-state index contributed by atoms with van der Waals surface area (Å²) >= 11 is 5.95. The number of halogens is 1. The molecule has 1 aromatic rings. The van der Waals surface area contributed by atoms with Crippen molar-refractivity contribution in [2.45, 2.75) is 53.1 Å². The zero-order valence-electron chi connectivity index (χ0n) is 13.4. The van der Waals surface area contributed by atoms with Crippen LogP contribution in [0.25, 0.3) is 0 Å². The molecule has 1 unspecified atom stereocenters. The van der Waals surface area contributed by atoms with Gasteiger partial charge in [0.25, 0.3) is 5.91 Å². The second-order valence-electron chi connectivity index (χ2n) is 6.89. The lowest BCUT2D eigenvalue weighted by Gasteiger charge is -2.22. The maximum absolute atomic E-state index is 12.1. The van der Waals surface area contributed by atoms with Crippen LogP contribution in [0, 0.1) is 5.41 Å². The van der Waals surface area contributed by atoms with Crippen molar-refractivity contribution in [3.05, 3.63) is 28.5 Å². The van der Waals surface area contributed by atoms with E-state index in [-0.39, 0.29) is 23.8 Å². The Bertz CT molecular complexity index is 496. The number of hydrogen-bond donors (Lipinski definition) is 2. The van der Waals surface area contributed by atoms with Gasteiger partial charge in [0, 0.05) is 17.8 Å². The molecule has 5 heteroatoms. The maximum atomic E-state index is 12.1. The van der Waals surface area contributed by atoms with E-state index in [9.17, 15) is 9.90 Å². The number of nitrogens with zero attached hydrogens (tertiary/aromatic N) is 1. The summed E-state index contributed by atoms with van der Waals surface area (Å²) in [5, 5.41) is 13.0. The fourth-order valence-electron chi connectivity index (χ4n) is 2.04. The molecule has 21 heavy (non-hydrogen) atoms. The molecule has 0 aliphatic heterocycles. The van der Waals surface area contributed by atoms with Gasteiger partial charge in [-0.05, 0) is 29.9 Å². The fourth-order valence-corrected chi connectivity index (χ4v) is 2.25. The van der Waals surface area contributed by atoms with Gasteiger partial charge in [-0.15, -0.1) is 0 Å². The minimum Gasteiger partial charge on any atom is -0.391 e. The summed E-state index contributed by atoms with van der Waals surface area (Å²) in [6, 6.07) is 3.28. The lowest BCUT2D eigenvalue weighted by molar-refractivity contribution is 0.0868. The van der Waals surface area contributed by atoms with Crippen LogP contribution in [0.3, 0.4) is 0 Å². The van der Waals surface area contributed by atoms with E-state index in [1.54, 1.807) is 12.1 Å². The molecular weight excluding hydrogens is 288 g/mol. The van der Waals surface area contributed by atoms with Crippen LogP contribution < -0.4 is 5.32 Å². The van der Waals surface area contributed by atoms with Crippen LogP contribution in [0.4, 0.5) is 0 Å². The molecule has 1 rings (SSSR count). The molecule has 4 nitrogen and oxygen atoms in total. The monoisotopic (exact) mass is 312 g/mol. The van der Waals surface area contributed by atoms with Gasteiger partial charge in [-0.1, -0.05) is 46.2 Å². The molecule has 0 aliphatic carbocycles. The summed E-state index contributed by atoms with van der Waals surface area (Å²) < 4.78 is 0. The first-order valence-electron chi connectivity index (χ1n) is 7.22. The van der Waals surface area contributed by atoms with Crippen LogP contribution in [0.1, 0.15) is 63.0 Å². The SMILES string of the molecule is CC(C)c1cc(C(=O)NCC(O)CC(C)(C)C)cc(Cl)n1. The lowest BCUT2D eigenvalue weighted by Crippen LogP contribution is -2.34. The van der Waals surface area contributed by atoms with Crippen molar-refractivity contribution >= 4 is 17.5 Å². The molecule has 2 N–H and O–H groups in total. The van der Waals surface area contributed by atoms with Gasteiger partial charge in [0.05, 0.1) is 6.10 Å². The molecule has 1 atom stereocenters. The van der Waals surface area contributed by atoms with Gasteiger partial charge in [-0.2, -0.15) is 0 Å². The Morgan fingerprint density at radius 3 is 2.52 bits per heavy atom. The van der Waals surface area contributed by atoms with Crippen molar-refractivity contribution in [2.24, 2.45) is 5.41 Å². The predicted molar refractivity (Wildman–Crippen MR) is 85.7 cm³/mol.